The summed E-state index contributed by atoms with van der Waals surface area (Å²) in [5.41, 5.74) is 28.8. The molecule has 58 heavy (non-hydrogen) atoms. The van der Waals surface area contributed by atoms with E-state index in [2.05, 4.69) is 188 Å². The van der Waals surface area contributed by atoms with E-state index < -0.39 is 5.41 Å². The van der Waals surface area contributed by atoms with Crippen LogP contribution in [-0.2, 0) is 5.41 Å². The molecule has 0 atom stereocenters. The standard InChI is InChI=1S/C55H37BN2/c1-30-14-20-34(21-15-30)48-40-10-7-13-46-53(40)57(50(48)35-22-16-31(2)17-23-35)47-27-26-42-54-49(47)56(46)45-12-6-9-39-38-8-5-11-41(51(38)58(54)52(39)45)55(42)43-28-32(3)18-24-36(43)37-25-19-33(4)29-44(37)55/h5-29H,1-4H3. The zero-order valence-electron chi connectivity index (χ0n) is 32.9. The number of benzene rings is 8. The Morgan fingerprint density at radius 1 is 0.431 bits per heavy atom. The molecule has 0 fully saturated rings. The van der Waals surface area contributed by atoms with Crippen LogP contribution in [0.1, 0.15) is 44.5 Å². The van der Waals surface area contributed by atoms with Gasteiger partial charge in [-0.3, -0.25) is 0 Å². The van der Waals surface area contributed by atoms with Crippen molar-refractivity contribution >= 4 is 55.8 Å². The third kappa shape index (κ3) is 3.44. The van der Waals surface area contributed by atoms with Crippen LogP contribution in [0.25, 0.3) is 77.6 Å². The minimum Gasteiger partial charge on any atom is -0.310 e. The molecule has 3 aliphatic heterocycles. The molecule has 0 radical (unpaired) electrons. The van der Waals surface area contributed by atoms with Gasteiger partial charge in [-0.05, 0) is 94.7 Å². The Hall–Kier alpha value is -6.84. The largest absolute Gasteiger partial charge is 0.310 e. The minimum atomic E-state index is -0.477. The van der Waals surface area contributed by atoms with Gasteiger partial charge in [0.1, 0.15) is 0 Å². The van der Waals surface area contributed by atoms with Crippen molar-refractivity contribution in [2.75, 3.05) is 0 Å². The third-order valence-corrected chi connectivity index (χ3v) is 14.4. The molecule has 0 N–H and O–H groups in total. The molecule has 0 bridgehead atoms. The number of nitrogens with zero attached hydrogens (tertiary/aromatic N) is 2. The van der Waals surface area contributed by atoms with Crippen molar-refractivity contribution in [3.63, 3.8) is 0 Å². The Morgan fingerprint density at radius 3 is 1.64 bits per heavy atom. The SMILES string of the molecule is Cc1ccc(-c2c(-c3ccc(C)cc3)n3c4c(cccc24)B2c4c-3ccc3c4-n4c5c2cccc5c2cccc(c24)C32c3cc(C)ccc3-c3ccc(C)cc32)cc1. The molecule has 0 saturated heterocycles. The molecule has 0 amide bonds. The fourth-order valence-corrected chi connectivity index (χ4v) is 12.1. The van der Waals surface area contributed by atoms with E-state index in [1.54, 1.807) is 0 Å². The Kier molecular flexibility index (Phi) is 5.59. The smallest absolute Gasteiger partial charge is 0.252 e. The lowest BCUT2D eigenvalue weighted by molar-refractivity contribution is 0.747. The predicted octanol–water partition coefficient (Wildman–Crippen LogP) is 11.1. The van der Waals surface area contributed by atoms with Gasteiger partial charge >= 0.3 is 0 Å². The van der Waals surface area contributed by atoms with E-state index in [0.717, 1.165) is 0 Å². The van der Waals surface area contributed by atoms with E-state index in [9.17, 15) is 0 Å². The molecule has 0 unspecified atom stereocenters. The summed E-state index contributed by atoms with van der Waals surface area (Å²) in [4.78, 5) is 0. The summed E-state index contributed by atoms with van der Waals surface area (Å²) in [5, 5.41) is 3.99. The number of hydrogen-bond acceptors (Lipinski definition) is 0. The number of aryl methyl sites for hydroxylation is 4. The van der Waals surface area contributed by atoms with Crippen LogP contribution in [0.15, 0.2) is 152 Å². The van der Waals surface area contributed by atoms with Gasteiger partial charge in [-0.25, -0.2) is 0 Å². The summed E-state index contributed by atoms with van der Waals surface area (Å²) in [5.74, 6) is 0. The fourth-order valence-electron chi connectivity index (χ4n) is 12.1. The normalized spacial score (nSPS) is 14.3. The minimum absolute atomic E-state index is 0.0715. The second-order valence-electron chi connectivity index (χ2n) is 17.5. The van der Waals surface area contributed by atoms with Gasteiger partial charge in [0.15, 0.2) is 0 Å². The van der Waals surface area contributed by atoms with E-state index in [-0.39, 0.29) is 6.71 Å². The molecule has 270 valence electrons. The van der Waals surface area contributed by atoms with Crippen molar-refractivity contribution < 1.29 is 0 Å². The molecule has 4 aliphatic rings. The molecule has 0 saturated carbocycles. The van der Waals surface area contributed by atoms with Crippen LogP contribution in [0.3, 0.4) is 0 Å². The fraction of sp³-hybridized carbons (Fsp3) is 0.0909. The number of rotatable bonds is 2. The van der Waals surface area contributed by atoms with Crippen LogP contribution in [0, 0.1) is 27.7 Å². The molecule has 1 spiro atoms. The molecule has 2 nitrogen and oxygen atoms in total. The summed E-state index contributed by atoms with van der Waals surface area (Å²) < 4.78 is 5.36. The maximum absolute atomic E-state index is 2.70. The second-order valence-corrected chi connectivity index (χ2v) is 17.5. The quantitative estimate of drug-likeness (QED) is 0.156. The van der Waals surface area contributed by atoms with Crippen LogP contribution >= 0.6 is 0 Å². The first-order valence-corrected chi connectivity index (χ1v) is 20.7. The highest BCUT2D eigenvalue weighted by molar-refractivity contribution is 7.00. The van der Waals surface area contributed by atoms with E-state index in [4.69, 9.17) is 0 Å². The molecule has 3 heteroatoms. The van der Waals surface area contributed by atoms with Gasteiger partial charge in [-0.2, -0.15) is 0 Å². The van der Waals surface area contributed by atoms with Crippen molar-refractivity contribution in [3.8, 4) is 44.9 Å². The van der Waals surface area contributed by atoms with E-state index in [0.29, 0.717) is 0 Å². The maximum Gasteiger partial charge on any atom is 0.252 e. The lowest BCUT2D eigenvalue weighted by Crippen LogP contribution is -2.60. The molecule has 8 aromatic carbocycles. The molecule has 14 rings (SSSR count). The predicted molar refractivity (Wildman–Crippen MR) is 243 cm³/mol. The van der Waals surface area contributed by atoms with Crippen LogP contribution in [0.4, 0.5) is 0 Å². The van der Waals surface area contributed by atoms with Gasteiger partial charge in [0.25, 0.3) is 6.71 Å². The van der Waals surface area contributed by atoms with Crippen molar-refractivity contribution in [3.05, 3.63) is 196 Å². The summed E-state index contributed by atoms with van der Waals surface area (Å²) >= 11 is 0. The number of hydrogen-bond donors (Lipinski definition) is 0. The van der Waals surface area contributed by atoms with Gasteiger partial charge in [0.2, 0.25) is 0 Å². The summed E-state index contributed by atoms with van der Waals surface area (Å²) in [6, 6.07) is 59.1. The van der Waals surface area contributed by atoms with Crippen LogP contribution in [-0.4, -0.2) is 15.8 Å². The van der Waals surface area contributed by atoms with Crippen LogP contribution in [0.2, 0.25) is 0 Å². The summed E-state index contributed by atoms with van der Waals surface area (Å²) in [7, 11) is 0. The topological polar surface area (TPSA) is 9.86 Å². The van der Waals surface area contributed by atoms with E-state index >= 15 is 0 Å². The first-order chi connectivity index (χ1) is 28.4. The van der Waals surface area contributed by atoms with Crippen LogP contribution < -0.4 is 16.4 Å². The monoisotopic (exact) mass is 736 g/mol. The van der Waals surface area contributed by atoms with Crippen molar-refractivity contribution in [1.29, 1.82) is 0 Å². The van der Waals surface area contributed by atoms with E-state index in [1.807, 2.05) is 0 Å². The Balaban J connectivity index is 1.22. The molecular weight excluding hydrogens is 699 g/mol. The summed E-state index contributed by atoms with van der Waals surface area (Å²) in [6.45, 7) is 8.96. The lowest BCUT2D eigenvalue weighted by atomic mass is 9.33. The number of para-hydroxylation sites is 3. The second kappa shape index (κ2) is 10.4. The van der Waals surface area contributed by atoms with Gasteiger partial charge in [-0.15, -0.1) is 0 Å². The van der Waals surface area contributed by atoms with Gasteiger partial charge in [-0.1, -0.05) is 168 Å². The average molecular weight is 737 g/mol. The highest BCUT2D eigenvalue weighted by Gasteiger charge is 2.54. The molecule has 10 aromatic rings. The third-order valence-electron chi connectivity index (χ3n) is 14.4. The molecule has 2 aromatic heterocycles. The number of aromatic nitrogens is 2. The van der Waals surface area contributed by atoms with Crippen molar-refractivity contribution in [2.24, 2.45) is 0 Å². The van der Waals surface area contributed by atoms with Crippen LogP contribution in [0.5, 0.6) is 0 Å². The van der Waals surface area contributed by atoms with E-state index in [1.165, 1.54) is 138 Å². The molecular formula is C55H37BN2. The maximum atomic E-state index is 2.70. The van der Waals surface area contributed by atoms with Gasteiger partial charge in [0.05, 0.1) is 16.6 Å². The first kappa shape index (κ1) is 31.3. The average Bonchev–Trinajstić information content (AvgIpc) is 3.86. The Labute approximate surface area is 337 Å². The van der Waals surface area contributed by atoms with Crippen molar-refractivity contribution in [1.82, 2.24) is 9.13 Å². The zero-order chi connectivity index (χ0) is 38.3. The molecule has 5 heterocycles. The first-order valence-electron chi connectivity index (χ1n) is 20.7. The highest BCUT2D eigenvalue weighted by Crippen LogP contribution is 2.62. The summed E-state index contributed by atoms with van der Waals surface area (Å²) in [6.07, 6.45) is 0. The van der Waals surface area contributed by atoms with Gasteiger partial charge in [0, 0.05) is 44.1 Å². The molecule has 1 aliphatic carbocycles. The number of fused-ring (bicyclic) bond motifs is 11. The lowest BCUT2D eigenvalue weighted by Gasteiger charge is -2.44. The zero-order valence-corrected chi connectivity index (χ0v) is 32.9. The van der Waals surface area contributed by atoms with Gasteiger partial charge < -0.3 is 9.13 Å². The highest BCUT2D eigenvalue weighted by atomic mass is 15.1. The van der Waals surface area contributed by atoms with Crippen molar-refractivity contribution in [2.45, 2.75) is 33.1 Å². The Morgan fingerprint density at radius 2 is 0.983 bits per heavy atom. The Bertz CT molecular complexity index is 3490.